The van der Waals surface area contributed by atoms with E-state index in [0.717, 1.165) is 49.0 Å². The van der Waals surface area contributed by atoms with Crippen LogP contribution in [0, 0.1) is 11.3 Å². The van der Waals surface area contributed by atoms with Gasteiger partial charge in [0.05, 0.1) is 24.8 Å². The highest BCUT2D eigenvalue weighted by Crippen LogP contribution is 2.35. The predicted molar refractivity (Wildman–Crippen MR) is 108 cm³/mol. The average molecular weight is 403 g/mol. The Labute approximate surface area is 166 Å². The van der Waals surface area contributed by atoms with Gasteiger partial charge >= 0.3 is 7.82 Å². The molecule has 0 heterocycles. The van der Waals surface area contributed by atoms with Crippen LogP contribution in [0.2, 0.25) is 0 Å². The van der Waals surface area contributed by atoms with Gasteiger partial charge < -0.3 is 14.5 Å². The Morgan fingerprint density at radius 3 is 1.82 bits per heavy atom. The zero-order valence-corrected chi connectivity index (χ0v) is 16.7. The minimum Gasteiger partial charge on any atom is -0.494 e. The lowest BCUT2D eigenvalue weighted by Crippen LogP contribution is -1.97. The number of ether oxygens (including phenoxy) is 1. The maximum Gasteiger partial charge on any atom is 0.469 e. The fourth-order valence-corrected chi connectivity index (χ4v) is 3.13. The molecular weight excluding hydrogens is 377 g/mol. The highest BCUT2D eigenvalue weighted by Gasteiger charge is 2.12. The lowest BCUT2D eigenvalue weighted by Gasteiger charge is -2.08. The summed E-state index contributed by atoms with van der Waals surface area (Å²) in [6, 6.07) is 17.5. The van der Waals surface area contributed by atoms with Gasteiger partial charge in [-0.05, 0) is 48.2 Å². The van der Waals surface area contributed by atoms with Crippen LogP contribution in [0.1, 0.15) is 44.1 Å². The SMILES string of the molecule is N#Cc1ccc(-c2ccc(OCCCCCCCCOP(=O)(O)O)cc2)cc1. The molecule has 2 aromatic rings. The Bertz CT molecular complexity index is 793. The van der Waals surface area contributed by atoms with E-state index < -0.39 is 7.82 Å². The first-order valence-corrected chi connectivity index (χ1v) is 10.9. The van der Waals surface area contributed by atoms with Gasteiger partial charge in [-0.25, -0.2) is 4.57 Å². The summed E-state index contributed by atoms with van der Waals surface area (Å²) in [4.78, 5) is 17.1. The number of hydrogen-bond acceptors (Lipinski definition) is 4. The summed E-state index contributed by atoms with van der Waals surface area (Å²) in [5.41, 5.74) is 2.80. The van der Waals surface area contributed by atoms with E-state index in [4.69, 9.17) is 19.8 Å². The zero-order chi connectivity index (χ0) is 20.2. The lowest BCUT2D eigenvalue weighted by molar-refractivity contribution is 0.193. The highest BCUT2D eigenvalue weighted by molar-refractivity contribution is 7.46. The number of unbranched alkanes of at least 4 members (excludes halogenated alkanes) is 5. The van der Waals surface area contributed by atoms with Crippen LogP contribution < -0.4 is 4.74 Å². The van der Waals surface area contributed by atoms with E-state index in [1.165, 1.54) is 0 Å². The summed E-state index contributed by atoms with van der Waals surface area (Å²) in [6.07, 6.45) is 5.67. The molecule has 0 atom stereocenters. The summed E-state index contributed by atoms with van der Waals surface area (Å²) in [5.74, 6) is 0.840. The molecule has 0 fully saturated rings. The van der Waals surface area contributed by atoms with Crippen LogP contribution in [0.4, 0.5) is 0 Å². The number of hydrogen-bond donors (Lipinski definition) is 2. The number of benzene rings is 2. The molecule has 7 heteroatoms. The van der Waals surface area contributed by atoms with Gasteiger partial charge in [0, 0.05) is 0 Å². The van der Waals surface area contributed by atoms with Crippen molar-refractivity contribution in [3.05, 3.63) is 54.1 Å². The second-order valence-electron chi connectivity index (χ2n) is 6.51. The van der Waals surface area contributed by atoms with Gasteiger partial charge in [-0.15, -0.1) is 0 Å². The van der Waals surface area contributed by atoms with Crippen molar-refractivity contribution in [2.24, 2.45) is 0 Å². The number of phosphoric acid groups is 1. The third-order valence-electron chi connectivity index (χ3n) is 4.27. The van der Waals surface area contributed by atoms with Crippen LogP contribution in [0.5, 0.6) is 5.75 Å². The van der Waals surface area contributed by atoms with Crippen LogP contribution in [-0.4, -0.2) is 23.0 Å². The smallest absolute Gasteiger partial charge is 0.469 e. The predicted octanol–water partition coefficient (Wildman–Crippen LogP) is 5.05. The van der Waals surface area contributed by atoms with Gasteiger partial charge in [0.1, 0.15) is 5.75 Å². The molecule has 0 saturated carbocycles. The minimum absolute atomic E-state index is 0.103. The van der Waals surface area contributed by atoms with Gasteiger partial charge in [-0.3, -0.25) is 4.52 Å². The Morgan fingerprint density at radius 2 is 1.29 bits per heavy atom. The van der Waals surface area contributed by atoms with Crippen LogP contribution >= 0.6 is 7.82 Å². The van der Waals surface area contributed by atoms with Gasteiger partial charge in [0.25, 0.3) is 0 Å². The van der Waals surface area contributed by atoms with Crippen molar-refractivity contribution in [2.75, 3.05) is 13.2 Å². The van der Waals surface area contributed by atoms with Crippen LogP contribution in [0.3, 0.4) is 0 Å². The summed E-state index contributed by atoms with van der Waals surface area (Å²) >= 11 is 0. The number of nitriles is 1. The van der Waals surface area contributed by atoms with Crippen LogP contribution in [0.15, 0.2) is 48.5 Å². The molecule has 2 aromatic carbocycles. The van der Waals surface area contributed by atoms with E-state index >= 15 is 0 Å². The Balaban J connectivity index is 1.57. The fourth-order valence-electron chi connectivity index (χ4n) is 2.77. The molecule has 150 valence electrons. The van der Waals surface area contributed by atoms with Gasteiger partial charge in [-0.2, -0.15) is 5.26 Å². The molecule has 2 rings (SSSR count). The van der Waals surface area contributed by atoms with E-state index in [0.29, 0.717) is 18.6 Å². The van der Waals surface area contributed by atoms with Crippen LogP contribution in [-0.2, 0) is 9.09 Å². The first-order valence-electron chi connectivity index (χ1n) is 9.41. The van der Waals surface area contributed by atoms with Crippen LogP contribution in [0.25, 0.3) is 11.1 Å². The van der Waals surface area contributed by atoms with Gasteiger partial charge in [0.2, 0.25) is 0 Å². The largest absolute Gasteiger partial charge is 0.494 e. The number of rotatable bonds is 12. The van der Waals surface area contributed by atoms with E-state index in [9.17, 15) is 4.57 Å². The molecule has 0 bridgehead atoms. The topological polar surface area (TPSA) is 99.8 Å². The lowest BCUT2D eigenvalue weighted by atomic mass is 10.0. The van der Waals surface area contributed by atoms with E-state index in [2.05, 4.69) is 10.6 Å². The standard InChI is InChI=1S/C21H26NO5P/c22-17-18-7-9-19(10-8-18)20-11-13-21(14-12-20)26-15-5-3-1-2-4-6-16-27-28(23,24)25/h7-14H,1-6,15-16H2,(H2,23,24,25). The monoisotopic (exact) mass is 403 g/mol. The number of phosphoric ester groups is 1. The molecule has 0 radical (unpaired) electrons. The summed E-state index contributed by atoms with van der Waals surface area (Å²) in [7, 11) is -4.32. The molecule has 0 saturated heterocycles. The number of nitrogens with zero attached hydrogens (tertiary/aromatic N) is 1. The highest BCUT2D eigenvalue weighted by atomic mass is 31.2. The second-order valence-corrected chi connectivity index (χ2v) is 7.75. The first-order chi connectivity index (χ1) is 13.5. The fraction of sp³-hybridized carbons (Fsp3) is 0.381. The maximum absolute atomic E-state index is 10.5. The molecule has 6 nitrogen and oxygen atoms in total. The van der Waals surface area contributed by atoms with Crippen molar-refractivity contribution in [3.63, 3.8) is 0 Å². The molecule has 0 aliphatic carbocycles. The van der Waals surface area contributed by atoms with Crippen molar-refractivity contribution in [1.29, 1.82) is 5.26 Å². The minimum atomic E-state index is -4.32. The molecule has 0 aromatic heterocycles. The molecule has 0 aliphatic rings. The second kappa shape index (κ2) is 11.6. The quantitative estimate of drug-likeness (QED) is 0.380. The summed E-state index contributed by atoms with van der Waals surface area (Å²) < 4.78 is 20.7. The molecule has 28 heavy (non-hydrogen) atoms. The van der Waals surface area contributed by atoms with E-state index in [1.807, 2.05) is 48.5 Å². The molecule has 2 N–H and O–H groups in total. The third kappa shape index (κ3) is 8.69. The molecule has 0 spiro atoms. The van der Waals surface area contributed by atoms with Crippen molar-refractivity contribution >= 4 is 7.82 Å². The van der Waals surface area contributed by atoms with Crippen molar-refractivity contribution in [3.8, 4) is 22.9 Å². The average Bonchev–Trinajstić information content (AvgIpc) is 2.69. The van der Waals surface area contributed by atoms with Gasteiger partial charge in [0.15, 0.2) is 0 Å². The first kappa shape index (κ1) is 22.1. The van der Waals surface area contributed by atoms with Crippen molar-refractivity contribution in [1.82, 2.24) is 0 Å². The van der Waals surface area contributed by atoms with E-state index in [1.54, 1.807) is 0 Å². The van der Waals surface area contributed by atoms with Crippen molar-refractivity contribution in [2.45, 2.75) is 38.5 Å². The summed E-state index contributed by atoms with van der Waals surface area (Å²) in [6.45, 7) is 0.767. The third-order valence-corrected chi connectivity index (χ3v) is 4.79. The van der Waals surface area contributed by atoms with E-state index in [-0.39, 0.29) is 6.61 Å². The van der Waals surface area contributed by atoms with Gasteiger partial charge in [-0.1, -0.05) is 49.9 Å². The molecular formula is C21H26NO5P. The Kier molecular flexibility index (Phi) is 9.19. The maximum atomic E-state index is 10.5. The molecule has 0 amide bonds. The normalized spacial score (nSPS) is 11.2. The van der Waals surface area contributed by atoms with Crippen molar-refractivity contribution < 1.29 is 23.6 Å². The Hall–Kier alpha value is -2.16. The molecule has 0 aliphatic heterocycles. The molecule has 0 unspecified atom stereocenters. The Morgan fingerprint density at radius 1 is 0.786 bits per heavy atom. The summed E-state index contributed by atoms with van der Waals surface area (Å²) in [5, 5.41) is 8.85. The zero-order valence-electron chi connectivity index (χ0n) is 15.8.